The van der Waals surface area contributed by atoms with Gasteiger partial charge in [0.2, 0.25) is 5.95 Å². The Labute approximate surface area is 125 Å². The summed E-state index contributed by atoms with van der Waals surface area (Å²) in [6.45, 7) is 7.37. The Morgan fingerprint density at radius 2 is 2.15 bits per heavy atom. The quantitative estimate of drug-likeness (QED) is 0.869. The number of aryl methyl sites for hydroxylation is 1. The summed E-state index contributed by atoms with van der Waals surface area (Å²) in [6.07, 6.45) is 0. The third kappa shape index (κ3) is 2.92. The number of nitrogens with one attached hydrogen (secondary N) is 2. The third-order valence-corrected chi connectivity index (χ3v) is 3.94. The van der Waals surface area contributed by atoms with Gasteiger partial charge in [-0.15, -0.1) is 0 Å². The molecular formula is C12H17BrN6O. The molecule has 3 rings (SSSR count). The highest BCUT2D eigenvalue weighted by atomic mass is 79.9. The van der Waals surface area contributed by atoms with Gasteiger partial charge in [0, 0.05) is 26.2 Å². The standard InChI is InChI=1S/C12H17BrN6O/c1-8-9-10(13)17-18-11(9)16-12(15-8)14-2-3-19-4-6-20-7-5-19/h2-7H2,1H3,(H2,14,15,16,17,18). The Morgan fingerprint density at radius 1 is 1.35 bits per heavy atom. The van der Waals surface area contributed by atoms with E-state index in [9.17, 15) is 0 Å². The fourth-order valence-electron chi connectivity index (χ4n) is 2.28. The van der Waals surface area contributed by atoms with Gasteiger partial charge in [-0.1, -0.05) is 0 Å². The van der Waals surface area contributed by atoms with E-state index in [0.717, 1.165) is 55.1 Å². The van der Waals surface area contributed by atoms with Gasteiger partial charge in [0.25, 0.3) is 0 Å². The van der Waals surface area contributed by atoms with E-state index in [2.05, 4.69) is 46.3 Å². The summed E-state index contributed by atoms with van der Waals surface area (Å²) in [5.41, 5.74) is 1.59. The first-order chi connectivity index (χ1) is 9.74. The zero-order valence-electron chi connectivity index (χ0n) is 11.3. The molecule has 7 nitrogen and oxygen atoms in total. The highest BCUT2D eigenvalue weighted by Crippen LogP contribution is 2.22. The molecule has 0 saturated carbocycles. The first kappa shape index (κ1) is 13.7. The molecule has 0 spiro atoms. The lowest BCUT2D eigenvalue weighted by Gasteiger charge is -2.26. The number of hydrogen-bond acceptors (Lipinski definition) is 6. The maximum atomic E-state index is 5.33. The summed E-state index contributed by atoms with van der Waals surface area (Å²) in [6, 6.07) is 0. The van der Waals surface area contributed by atoms with Crippen LogP contribution in [0.4, 0.5) is 5.95 Å². The second-order valence-corrected chi connectivity index (χ2v) is 5.54. The van der Waals surface area contributed by atoms with Gasteiger partial charge in [-0.25, -0.2) is 4.98 Å². The molecule has 0 aromatic carbocycles. The van der Waals surface area contributed by atoms with Crippen LogP contribution in [0.1, 0.15) is 5.69 Å². The number of ether oxygens (including phenoxy) is 1. The van der Waals surface area contributed by atoms with E-state index in [1.807, 2.05) is 6.92 Å². The SMILES string of the molecule is Cc1nc(NCCN2CCOCC2)nc2n[nH]c(Br)c12. The zero-order valence-corrected chi connectivity index (χ0v) is 12.9. The second kappa shape index (κ2) is 6.02. The van der Waals surface area contributed by atoms with E-state index in [0.29, 0.717) is 11.6 Å². The van der Waals surface area contributed by atoms with Crippen molar-refractivity contribution in [1.82, 2.24) is 25.1 Å². The Balaban J connectivity index is 1.62. The fraction of sp³-hybridized carbons (Fsp3) is 0.583. The number of nitrogens with zero attached hydrogens (tertiary/aromatic N) is 4. The van der Waals surface area contributed by atoms with E-state index in [-0.39, 0.29) is 0 Å². The van der Waals surface area contributed by atoms with E-state index >= 15 is 0 Å². The van der Waals surface area contributed by atoms with E-state index in [4.69, 9.17) is 4.74 Å². The van der Waals surface area contributed by atoms with Gasteiger partial charge in [-0.05, 0) is 22.9 Å². The molecule has 20 heavy (non-hydrogen) atoms. The van der Waals surface area contributed by atoms with Gasteiger partial charge in [0.15, 0.2) is 5.65 Å². The van der Waals surface area contributed by atoms with Crippen LogP contribution in [0.3, 0.4) is 0 Å². The highest BCUT2D eigenvalue weighted by molar-refractivity contribution is 9.10. The van der Waals surface area contributed by atoms with Crippen LogP contribution in [0, 0.1) is 6.92 Å². The summed E-state index contributed by atoms with van der Waals surface area (Å²) < 4.78 is 6.15. The minimum Gasteiger partial charge on any atom is -0.379 e. The molecule has 3 heterocycles. The van der Waals surface area contributed by atoms with Crippen LogP contribution in [0.2, 0.25) is 0 Å². The Morgan fingerprint density at radius 3 is 2.95 bits per heavy atom. The normalized spacial score (nSPS) is 16.7. The fourth-order valence-corrected chi connectivity index (χ4v) is 2.84. The number of anilines is 1. The molecule has 1 saturated heterocycles. The summed E-state index contributed by atoms with van der Waals surface area (Å²) in [4.78, 5) is 11.2. The summed E-state index contributed by atoms with van der Waals surface area (Å²) in [5, 5.41) is 11.2. The Bertz CT molecular complexity index is 595. The van der Waals surface area contributed by atoms with Crippen LogP contribution in [0.25, 0.3) is 11.0 Å². The molecule has 0 radical (unpaired) electrons. The molecule has 1 aliphatic heterocycles. The second-order valence-electron chi connectivity index (χ2n) is 4.75. The van der Waals surface area contributed by atoms with Gasteiger partial charge in [-0.2, -0.15) is 10.1 Å². The van der Waals surface area contributed by atoms with Crippen LogP contribution >= 0.6 is 15.9 Å². The number of rotatable bonds is 4. The summed E-state index contributed by atoms with van der Waals surface area (Å²) in [5.74, 6) is 0.627. The Kier molecular flexibility index (Phi) is 4.13. The number of halogens is 1. The molecule has 0 aliphatic carbocycles. The molecule has 0 amide bonds. The molecule has 1 aliphatic rings. The number of H-pyrrole nitrogens is 1. The molecule has 0 unspecified atom stereocenters. The topological polar surface area (TPSA) is 79.0 Å². The monoisotopic (exact) mass is 340 g/mol. The molecule has 0 bridgehead atoms. The molecule has 8 heteroatoms. The van der Waals surface area contributed by atoms with E-state index in [1.165, 1.54) is 0 Å². The smallest absolute Gasteiger partial charge is 0.225 e. The molecular weight excluding hydrogens is 324 g/mol. The van der Waals surface area contributed by atoms with Crippen molar-refractivity contribution in [2.24, 2.45) is 0 Å². The van der Waals surface area contributed by atoms with Crippen molar-refractivity contribution in [3.05, 3.63) is 10.3 Å². The lowest BCUT2D eigenvalue weighted by atomic mass is 10.3. The molecule has 0 atom stereocenters. The summed E-state index contributed by atoms with van der Waals surface area (Å²) >= 11 is 3.41. The molecule has 2 aromatic heterocycles. The largest absolute Gasteiger partial charge is 0.379 e. The zero-order chi connectivity index (χ0) is 13.9. The lowest BCUT2D eigenvalue weighted by Crippen LogP contribution is -2.39. The van der Waals surface area contributed by atoms with Gasteiger partial charge in [-0.3, -0.25) is 10.00 Å². The van der Waals surface area contributed by atoms with Crippen molar-refractivity contribution in [3.63, 3.8) is 0 Å². The van der Waals surface area contributed by atoms with Crippen LogP contribution in [0.15, 0.2) is 4.60 Å². The number of aromatic nitrogens is 4. The molecule has 108 valence electrons. The third-order valence-electron chi connectivity index (χ3n) is 3.37. The predicted octanol–water partition coefficient (Wildman–Crippen LogP) is 1.17. The first-order valence-corrected chi connectivity index (χ1v) is 7.45. The number of fused-ring (bicyclic) bond motifs is 1. The maximum absolute atomic E-state index is 5.33. The first-order valence-electron chi connectivity index (χ1n) is 6.66. The van der Waals surface area contributed by atoms with Crippen LogP contribution in [-0.2, 0) is 4.74 Å². The lowest BCUT2D eigenvalue weighted by molar-refractivity contribution is 0.0398. The van der Waals surface area contributed by atoms with Crippen molar-refractivity contribution < 1.29 is 4.74 Å². The number of morpholine rings is 1. The summed E-state index contributed by atoms with van der Waals surface area (Å²) in [7, 11) is 0. The van der Waals surface area contributed by atoms with Gasteiger partial charge in [0.05, 0.1) is 24.3 Å². The average molecular weight is 341 g/mol. The predicted molar refractivity (Wildman–Crippen MR) is 79.9 cm³/mol. The van der Waals surface area contributed by atoms with Crippen molar-refractivity contribution in [2.45, 2.75) is 6.92 Å². The minimum atomic E-state index is 0.627. The van der Waals surface area contributed by atoms with Crippen molar-refractivity contribution in [1.29, 1.82) is 0 Å². The van der Waals surface area contributed by atoms with Gasteiger partial charge < -0.3 is 10.1 Å². The number of aromatic amines is 1. The average Bonchev–Trinajstić information content (AvgIpc) is 2.82. The van der Waals surface area contributed by atoms with Crippen LogP contribution in [-0.4, -0.2) is 64.5 Å². The van der Waals surface area contributed by atoms with Gasteiger partial charge >= 0.3 is 0 Å². The van der Waals surface area contributed by atoms with E-state index < -0.39 is 0 Å². The Hall–Kier alpha value is -1.25. The van der Waals surface area contributed by atoms with Crippen LogP contribution in [0.5, 0.6) is 0 Å². The van der Waals surface area contributed by atoms with Crippen molar-refractivity contribution >= 4 is 32.9 Å². The molecule has 2 N–H and O–H groups in total. The van der Waals surface area contributed by atoms with Crippen LogP contribution < -0.4 is 5.32 Å². The molecule has 2 aromatic rings. The van der Waals surface area contributed by atoms with E-state index in [1.54, 1.807) is 0 Å². The maximum Gasteiger partial charge on any atom is 0.225 e. The molecule has 1 fully saturated rings. The number of hydrogen-bond donors (Lipinski definition) is 2. The van der Waals surface area contributed by atoms with Gasteiger partial charge in [0.1, 0.15) is 4.60 Å². The van der Waals surface area contributed by atoms with Crippen molar-refractivity contribution in [3.8, 4) is 0 Å². The van der Waals surface area contributed by atoms with Crippen molar-refractivity contribution in [2.75, 3.05) is 44.7 Å². The minimum absolute atomic E-state index is 0.627. The highest BCUT2D eigenvalue weighted by Gasteiger charge is 2.12.